The molecule has 22 heavy (non-hydrogen) atoms. The zero-order valence-electron chi connectivity index (χ0n) is 14.4. The highest BCUT2D eigenvalue weighted by molar-refractivity contribution is 5.83. The molecule has 1 heterocycles. The molecule has 0 bridgehead atoms. The lowest BCUT2D eigenvalue weighted by molar-refractivity contribution is -0.135. The maximum atomic E-state index is 12.6. The number of ether oxygens (including phenoxy) is 1. The molecule has 1 aliphatic heterocycles. The van der Waals surface area contributed by atoms with E-state index in [1.165, 1.54) is 6.42 Å². The van der Waals surface area contributed by atoms with Crippen LogP contribution in [0.4, 0.5) is 4.79 Å². The number of nitrogens with one attached hydrogen (secondary N) is 1. The van der Waals surface area contributed by atoms with Crippen molar-refractivity contribution < 1.29 is 14.3 Å². The lowest BCUT2D eigenvalue weighted by Gasteiger charge is -2.41. The summed E-state index contributed by atoms with van der Waals surface area (Å²) in [6.07, 6.45) is 5.44. The molecule has 5 nitrogen and oxygen atoms in total. The minimum atomic E-state index is -0.474. The summed E-state index contributed by atoms with van der Waals surface area (Å²) >= 11 is 0. The summed E-state index contributed by atoms with van der Waals surface area (Å²) in [6.45, 7) is 8.89. The predicted molar refractivity (Wildman–Crippen MR) is 85.5 cm³/mol. The van der Waals surface area contributed by atoms with Crippen LogP contribution in [0.1, 0.15) is 66.2 Å². The normalized spacial score (nSPS) is 21.9. The Balaban J connectivity index is 1.90. The minimum Gasteiger partial charge on any atom is -0.444 e. The Morgan fingerprint density at radius 1 is 1.23 bits per heavy atom. The summed E-state index contributed by atoms with van der Waals surface area (Å²) in [4.78, 5) is 26.5. The van der Waals surface area contributed by atoms with Crippen molar-refractivity contribution in [3.63, 3.8) is 0 Å². The Kier molecular flexibility index (Phi) is 5.03. The lowest BCUT2D eigenvalue weighted by atomic mass is 9.74. The van der Waals surface area contributed by atoms with E-state index in [1.54, 1.807) is 4.90 Å². The van der Waals surface area contributed by atoms with Gasteiger partial charge in [-0.15, -0.1) is 0 Å². The molecule has 2 fully saturated rings. The molecule has 0 radical (unpaired) electrons. The molecular weight excluding hydrogens is 280 g/mol. The van der Waals surface area contributed by atoms with Gasteiger partial charge < -0.3 is 15.0 Å². The van der Waals surface area contributed by atoms with Gasteiger partial charge in [0.25, 0.3) is 0 Å². The summed E-state index contributed by atoms with van der Waals surface area (Å²) in [5.74, 6) is 0.184. The molecule has 0 spiro atoms. The second kappa shape index (κ2) is 6.47. The Bertz CT molecular complexity index is 416. The fourth-order valence-corrected chi connectivity index (χ4v) is 3.08. The van der Waals surface area contributed by atoms with E-state index in [0.717, 1.165) is 32.1 Å². The van der Waals surface area contributed by atoms with Gasteiger partial charge in [0, 0.05) is 19.1 Å². The summed E-state index contributed by atoms with van der Waals surface area (Å²) in [6, 6.07) is 0.375. The monoisotopic (exact) mass is 310 g/mol. The van der Waals surface area contributed by atoms with Crippen molar-refractivity contribution in [2.24, 2.45) is 5.41 Å². The average Bonchev–Trinajstić information content (AvgIpc) is 2.40. The summed E-state index contributed by atoms with van der Waals surface area (Å²) in [5, 5.41) is 3.19. The van der Waals surface area contributed by atoms with Crippen LogP contribution in [0.3, 0.4) is 0 Å². The van der Waals surface area contributed by atoms with Gasteiger partial charge in [0.05, 0.1) is 5.41 Å². The summed E-state index contributed by atoms with van der Waals surface area (Å²) in [7, 11) is 0. The molecule has 0 atom stereocenters. The Labute approximate surface area is 133 Å². The molecule has 0 aromatic heterocycles. The standard InChI is InChI=1S/C17H30N2O3/c1-5-17(14(20)18-13-7-6-8-13)9-11-19(12-10-17)15(21)22-16(2,3)4/h13H,5-12H2,1-4H3,(H,18,20). The largest absolute Gasteiger partial charge is 0.444 e. The van der Waals surface area contributed by atoms with Gasteiger partial charge in [-0.2, -0.15) is 0 Å². The number of rotatable bonds is 3. The van der Waals surface area contributed by atoms with Crippen molar-refractivity contribution >= 4 is 12.0 Å². The van der Waals surface area contributed by atoms with Gasteiger partial charge in [-0.25, -0.2) is 4.79 Å². The Hall–Kier alpha value is -1.26. The molecular formula is C17H30N2O3. The van der Waals surface area contributed by atoms with Crippen LogP contribution < -0.4 is 5.32 Å². The highest BCUT2D eigenvalue weighted by atomic mass is 16.6. The number of piperidine rings is 1. The van der Waals surface area contributed by atoms with Crippen LogP contribution in [-0.4, -0.2) is 41.6 Å². The third-order valence-electron chi connectivity index (χ3n) is 4.97. The van der Waals surface area contributed by atoms with Crippen molar-refractivity contribution in [2.75, 3.05) is 13.1 Å². The van der Waals surface area contributed by atoms with E-state index in [2.05, 4.69) is 12.2 Å². The number of likely N-dealkylation sites (tertiary alicyclic amines) is 1. The van der Waals surface area contributed by atoms with Crippen molar-refractivity contribution in [3.8, 4) is 0 Å². The van der Waals surface area contributed by atoms with Crippen molar-refractivity contribution in [1.29, 1.82) is 0 Å². The number of amides is 2. The van der Waals surface area contributed by atoms with Gasteiger partial charge >= 0.3 is 6.09 Å². The third-order valence-corrected chi connectivity index (χ3v) is 4.97. The second-order valence-corrected chi connectivity index (χ2v) is 7.70. The molecule has 126 valence electrons. The number of hydrogen-bond donors (Lipinski definition) is 1. The van der Waals surface area contributed by atoms with E-state index in [0.29, 0.717) is 19.1 Å². The first-order valence-corrected chi connectivity index (χ1v) is 8.55. The van der Waals surface area contributed by atoms with Gasteiger partial charge in [-0.1, -0.05) is 6.92 Å². The van der Waals surface area contributed by atoms with E-state index in [1.807, 2.05) is 20.8 Å². The van der Waals surface area contributed by atoms with Crippen LogP contribution in [0.25, 0.3) is 0 Å². The van der Waals surface area contributed by atoms with E-state index in [-0.39, 0.29) is 17.4 Å². The van der Waals surface area contributed by atoms with E-state index in [4.69, 9.17) is 4.74 Å². The van der Waals surface area contributed by atoms with Crippen LogP contribution in [0.2, 0.25) is 0 Å². The van der Waals surface area contributed by atoms with Gasteiger partial charge in [-0.3, -0.25) is 4.79 Å². The molecule has 2 amide bonds. The molecule has 0 aromatic rings. The van der Waals surface area contributed by atoms with Crippen LogP contribution in [0.15, 0.2) is 0 Å². The highest BCUT2D eigenvalue weighted by Gasteiger charge is 2.42. The maximum absolute atomic E-state index is 12.6. The fourth-order valence-electron chi connectivity index (χ4n) is 3.08. The van der Waals surface area contributed by atoms with E-state index < -0.39 is 5.60 Å². The molecule has 2 aliphatic rings. The molecule has 5 heteroatoms. The van der Waals surface area contributed by atoms with Crippen LogP contribution >= 0.6 is 0 Å². The first-order chi connectivity index (χ1) is 10.3. The van der Waals surface area contributed by atoms with Crippen molar-refractivity contribution in [2.45, 2.75) is 77.9 Å². The summed E-state index contributed by atoms with van der Waals surface area (Å²) in [5.41, 5.74) is -0.786. The molecule has 0 aromatic carbocycles. The third kappa shape index (κ3) is 3.93. The topological polar surface area (TPSA) is 58.6 Å². The summed E-state index contributed by atoms with van der Waals surface area (Å²) < 4.78 is 5.42. The molecule has 1 saturated heterocycles. The van der Waals surface area contributed by atoms with Gasteiger partial charge in [0.1, 0.15) is 5.60 Å². The quantitative estimate of drug-likeness (QED) is 0.871. The molecule has 1 N–H and O–H groups in total. The minimum absolute atomic E-state index is 0.184. The first-order valence-electron chi connectivity index (χ1n) is 8.55. The molecule has 0 unspecified atom stereocenters. The Morgan fingerprint density at radius 3 is 2.23 bits per heavy atom. The van der Waals surface area contributed by atoms with Crippen LogP contribution in [0, 0.1) is 5.41 Å². The predicted octanol–water partition coefficient (Wildman–Crippen LogP) is 3.08. The number of nitrogens with zero attached hydrogens (tertiary/aromatic N) is 1. The average molecular weight is 310 g/mol. The van der Waals surface area contributed by atoms with Gasteiger partial charge in [0.15, 0.2) is 0 Å². The molecule has 2 rings (SSSR count). The number of hydrogen-bond acceptors (Lipinski definition) is 3. The molecule has 1 saturated carbocycles. The SMILES string of the molecule is CCC1(C(=O)NC2CCC2)CCN(C(=O)OC(C)(C)C)CC1. The smallest absolute Gasteiger partial charge is 0.410 e. The zero-order valence-corrected chi connectivity index (χ0v) is 14.4. The lowest BCUT2D eigenvalue weighted by Crippen LogP contribution is -2.53. The highest BCUT2D eigenvalue weighted by Crippen LogP contribution is 2.36. The van der Waals surface area contributed by atoms with Crippen molar-refractivity contribution in [3.05, 3.63) is 0 Å². The number of carbonyl (C=O) groups is 2. The van der Waals surface area contributed by atoms with Gasteiger partial charge in [0.2, 0.25) is 5.91 Å². The first kappa shape index (κ1) is 17.1. The van der Waals surface area contributed by atoms with E-state index in [9.17, 15) is 9.59 Å². The maximum Gasteiger partial charge on any atom is 0.410 e. The molecule has 1 aliphatic carbocycles. The van der Waals surface area contributed by atoms with Gasteiger partial charge in [-0.05, 0) is 59.3 Å². The van der Waals surface area contributed by atoms with Crippen LogP contribution in [0.5, 0.6) is 0 Å². The fraction of sp³-hybridized carbons (Fsp3) is 0.882. The Morgan fingerprint density at radius 2 is 1.82 bits per heavy atom. The second-order valence-electron chi connectivity index (χ2n) is 7.70. The zero-order chi connectivity index (χ0) is 16.4. The van der Waals surface area contributed by atoms with Crippen LogP contribution in [-0.2, 0) is 9.53 Å². The number of carbonyl (C=O) groups excluding carboxylic acids is 2. The van der Waals surface area contributed by atoms with E-state index >= 15 is 0 Å². The van der Waals surface area contributed by atoms with Crippen molar-refractivity contribution in [1.82, 2.24) is 10.2 Å².